The molecule has 5 nitrogen and oxygen atoms in total. The summed E-state index contributed by atoms with van der Waals surface area (Å²) in [6, 6.07) is 14.8. The average Bonchev–Trinajstić information content (AvgIpc) is 2.81. The van der Waals surface area contributed by atoms with Crippen molar-refractivity contribution in [2.45, 2.75) is 75.6 Å². The summed E-state index contributed by atoms with van der Waals surface area (Å²) in [7, 11) is -1.29. The molecule has 0 aromatic heterocycles. The quantitative estimate of drug-likeness (QED) is 0.355. The lowest BCUT2D eigenvalue weighted by Gasteiger charge is -2.44. The van der Waals surface area contributed by atoms with Crippen LogP contribution < -0.4 is 5.32 Å². The van der Waals surface area contributed by atoms with Gasteiger partial charge < -0.3 is 10.2 Å². The van der Waals surface area contributed by atoms with Gasteiger partial charge in [0, 0.05) is 10.8 Å². The molecule has 178 valence electrons. The Kier molecular flexibility index (Phi) is 9.18. The summed E-state index contributed by atoms with van der Waals surface area (Å²) in [5.41, 5.74) is 1.79. The fourth-order valence-electron chi connectivity index (χ4n) is 4.22. The Balaban J connectivity index is 1.71. The molecule has 0 bridgehead atoms. The van der Waals surface area contributed by atoms with Gasteiger partial charge in [-0.1, -0.05) is 75.6 Å². The molecule has 1 saturated heterocycles. The van der Waals surface area contributed by atoms with E-state index in [1.54, 1.807) is 12.1 Å². The summed E-state index contributed by atoms with van der Waals surface area (Å²) in [6.45, 7) is 3.97. The summed E-state index contributed by atoms with van der Waals surface area (Å²) >= 11 is 0. The molecule has 7 heteroatoms. The number of carbonyl (C=O) groups is 2. The Morgan fingerprint density at radius 1 is 1.12 bits per heavy atom. The standard InChI is InChI=1S/C26H33FN2O3S/c1-3-5-7-12-22(20-13-15-21(27)16-14-20)28-26(31)23(4-2)29-24(30)17-25(29)33(32)18-19-10-8-6-9-11-19/h6,8-11,13-16,22-23,25H,3-5,7,12,17-18H2,1-2H3,(H,28,31). The zero-order valence-electron chi connectivity index (χ0n) is 19.3. The zero-order chi connectivity index (χ0) is 23.8. The Hall–Kier alpha value is -2.54. The van der Waals surface area contributed by atoms with Gasteiger partial charge >= 0.3 is 0 Å². The molecule has 1 fully saturated rings. The molecule has 2 aromatic carbocycles. The summed E-state index contributed by atoms with van der Waals surface area (Å²) in [4.78, 5) is 27.3. The number of rotatable bonds is 12. The maximum absolute atomic E-state index is 13.4. The fraction of sp³-hybridized carbons (Fsp3) is 0.462. The van der Waals surface area contributed by atoms with Crippen LogP contribution in [-0.4, -0.2) is 32.3 Å². The van der Waals surface area contributed by atoms with Gasteiger partial charge in [-0.3, -0.25) is 13.8 Å². The third-order valence-electron chi connectivity index (χ3n) is 6.11. The molecule has 1 aliphatic heterocycles. The van der Waals surface area contributed by atoms with Gasteiger partial charge in [-0.25, -0.2) is 4.39 Å². The highest BCUT2D eigenvalue weighted by Crippen LogP contribution is 2.29. The molecular weight excluding hydrogens is 439 g/mol. The minimum Gasteiger partial charge on any atom is -0.348 e. The minimum absolute atomic E-state index is 0.146. The Bertz CT molecular complexity index is 952. The molecule has 0 radical (unpaired) electrons. The van der Waals surface area contributed by atoms with Crippen LogP contribution in [0.2, 0.25) is 0 Å². The zero-order valence-corrected chi connectivity index (χ0v) is 20.2. The van der Waals surface area contributed by atoms with Crippen molar-refractivity contribution < 1.29 is 18.2 Å². The van der Waals surface area contributed by atoms with E-state index in [0.717, 1.165) is 36.8 Å². The van der Waals surface area contributed by atoms with E-state index in [1.807, 2.05) is 37.3 Å². The van der Waals surface area contributed by atoms with E-state index in [2.05, 4.69) is 12.2 Å². The van der Waals surface area contributed by atoms with E-state index < -0.39 is 22.2 Å². The second-order valence-corrected chi connectivity index (χ2v) is 10.1. The number of nitrogens with one attached hydrogen (secondary N) is 1. The molecule has 1 heterocycles. The maximum atomic E-state index is 13.4. The molecule has 33 heavy (non-hydrogen) atoms. The lowest BCUT2D eigenvalue weighted by Crippen LogP contribution is -2.63. The number of likely N-dealkylation sites (tertiary alicyclic amines) is 1. The summed E-state index contributed by atoms with van der Waals surface area (Å²) in [6.07, 6.45) is 4.39. The highest BCUT2D eigenvalue weighted by atomic mass is 32.2. The van der Waals surface area contributed by atoms with Crippen molar-refractivity contribution in [2.75, 3.05) is 0 Å². The smallest absolute Gasteiger partial charge is 0.243 e. The van der Waals surface area contributed by atoms with Gasteiger partial charge in [-0.05, 0) is 36.1 Å². The minimum atomic E-state index is -1.29. The van der Waals surface area contributed by atoms with Crippen LogP contribution in [0.4, 0.5) is 4.39 Å². The SMILES string of the molecule is CCCCCC(NC(=O)C(CC)N1C(=O)CC1S(=O)Cc1ccccc1)c1ccc(F)cc1. The molecule has 2 aromatic rings. The van der Waals surface area contributed by atoms with Crippen LogP contribution in [0.5, 0.6) is 0 Å². The number of hydrogen-bond donors (Lipinski definition) is 1. The molecule has 0 spiro atoms. The van der Waals surface area contributed by atoms with Gasteiger partial charge in [0.25, 0.3) is 0 Å². The maximum Gasteiger partial charge on any atom is 0.243 e. The molecule has 0 saturated carbocycles. The van der Waals surface area contributed by atoms with Crippen molar-refractivity contribution in [3.05, 3.63) is 71.5 Å². The average molecular weight is 473 g/mol. The molecular formula is C26H33FN2O3S. The highest BCUT2D eigenvalue weighted by Gasteiger charge is 2.46. The van der Waals surface area contributed by atoms with Crippen molar-refractivity contribution in [1.29, 1.82) is 0 Å². The largest absolute Gasteiger partial charge is 0.348 e. The second kappa shape index (κ2) is 12.1. The van der Waals surface area contributed by atoms with Crippen molar-refractivity contribution in [3.8, 4) is 0 Å². The van der Waals surface area contributed by atoms with Crippen LogP contribution in [0.25, 0.3) is 0 Å². The third-order valence-corrected chi connectivity index (χ3v) is 7.73. The molecule has 0 aliphatic carbocycles. The van der Waals surface area contributed by atoms with Crippen LogP contribution in [0.15, 0.2) is 54.6 Å². The first-order valence-electron chi connectivity index (χ1n) is 11.7. The highest BCUT2D eigenvalue weighted by molar-refractivity contribution is 7.85. The first-order valence-corrected chi connectivity index (χ1v) is 13.1. The molecule has 4 unspecified atom stereocenters. The van der Waals surface area contributed by atoms with E-state index in [1.165, 1.54) is 17.0 Å². The van der Waals surface area contributed by atoms with Crippen molar-refractivity contribution >= 4 is 22.6 Å². The van der Waals surface area contributed by atoms with Gasteiger partial charge in [0.1, 0.15) is 17.2 Å². The number of amides is 2. The van der Waals surface area contributed by atoms with Crippen LogP contribution >= 0.6 is 0 Å². The molecule has 3 rings (SSSR count). The second-order valence-electron chi connectivity index (χ2n) is 8.50. The molecule has 1 aliphatic rings. The topological polar surface area (TPSA) is 66.5 Å². The molecule has 4 atom stereocenters. The summed E-state index contributed by atoms with van der Waals surface area (Å²) in [5, 5.41) is 2.63. The van der Waals surface area contributed by atoms with E-state index >= 15 is 0 Å². The van der Waals surface area contributed by atoms with Gasteiger partial charge in [-0.15, -0.1) is 0 Å². The predicted molar refractivity (Wildman–Crippen MR) is 129 cm³/mol. The van der Waals surface area contributed by atoms with Crippen LogP contribution in [-0.2, 0) is 26.1 Å². The first-order chi connectivity index (χ1) is 15.9. The lowest BCUT2D eigenvalue weighted by molar-refractivity contribution is -0.151. The monoisotopic (exact) mass is 472 g/mol. The number of benzene rings is 2. The summed E-state index contributed by atoms with van der Waals surface area (Å²) in [5.74, 6) is -0.368. The summed E-state index contributed by atoms with van der Waals surface area (Å²) < 4.78 is 26.4. The Labute approximate surface area is 198 Å². The number of nitrogens with zero attached hydrogens (tertiary/aromatic N) is 1. The molecule has 1 N–H and O–H groups in total. The van der Waals surface area contributed by atoms with Gasteiger partial charge in [0.2, 0.25) is 11.8 Å². The van der Waals surface area contributed by atoms with Crippen molar-refractivity contribution in [2.24, 2.45) is 0 Å². The number of hydrogen-bond acceptors (Lipinski definition) is 3. The Morgan fingerprint density at radius 2 is 1.82 bits per heavy atom. The number of unbranched alkanes of at least 4 members (excludes halogenated alkanes) is 2. The van der Waals surface area contributed by atoms with Crippen molar-refractivity contribution in [1.82, 2.24) is 10.2 Å². The normalized spacial score (nSPS) is 18.3. The van der Waals surface area contributed by atoms with Gasteiger partial charge in [0.15, 0.2) is 0 Å². The number of halogens is 1. The van der Waals surface area contributed by atoms with Crippen LogP contribution in [0.1, 0.15) is 69.5 Å². The predicted octanol–water partition coefficient (Wildman–Crippen LogP) is 4.85. The number of carbonyl (C=O) groups excluding carboxylic acids is 2. The lowest BCUT2D eigenvalue weighted by atomic mass is 9.99. The molecule has 2 amide bonds. The van der Waals surface area contributed by atoms with E-state index in [0.29, 0.717) is 12.2 Å². The van der Waals surface area contributed by atoms with Crippen LogP contribution in [0.3, 0.4) is 0 Å². The van der Waals surface area contributed by atoms with Gasteiger partial charge in [0.05, 0.1) is 18.2 Å². The van der Waals surface area contributed by atoms with E-state index in [9.17, 15) is 18.2 Å². The van der Waals surface area contributed by atoms with E-state index in [4.69, 9.17) is 0 Å². The van der Waals surface area contributed by atoms with E-state index in [-0.39, 0.29) is 30.1 Å². The van der Waals surface area contributed by atoms with Crippen molar-refractivity contribution in [3.63, 3.8) is 0 Å². The van der Waals surface area contributed by atoms with Gasteiger partial charge in [-0.2, -0.15) is 0 Å². The van der Waals surface area contributed by atoms with Crippen LogP contribution in [0, 0.1) is 5.82 Å². The fourth-order valence-corrected chi connectivity index (χ4v) is 5.78. The third kappa shape index (κ3) is 6.50. The number of β-lactam (4-membered cyclic amide) rings is 1. The first kappa shape index (κ1) is 25.1. The Morgan fingerprint density at radius 3 is 2.42 bits per heavy atom.